The first-order chi connectivity index (χ1) is 12.0. The van der Waals surface area contributed by atoms with Crippen LogP contribution in [0.15, 0.2) is 12.1 Å². The molecule has 2 aliphatic rings. The van der Waals surface area contributed by atoms with E-state index in [9.17, 15) is 14.3 Å². The molecule has 0 spiro atoms. The predicted octanol–water partition coefficient (Wildman–Crippen LogP) is 3.24. The zero-order valence-electron chi connectivity index (χ0n) is 14.5. The van der Waals surface area contributed by atoms with Crippen LogP contribution in [-0.4, -0.2) is 59.3 Å². The molecule has 138 valence electrons. The molecule has 2 fully saturated rings. The maximum atomic E-state index is 13.5. The molecule has 5 nitrogen and oxygen atoms in total. The molecule has 1 aliphatic carbocycles. The average molecular weight is 370 g/mol. The summed E-state index contributed by atoms with van der Waals surface area (Å²) in [4.78, 5) is 16.5. The van der Waals surface area contributed by atoms with Gasteiger partial charge in [0, 0.05) is 32.2 Å². The number of hydrogen-bond donors (Lipinski definition) is 2. The Hall–Kier alpha value is -1.37. The van der Waals surface area contributed by atoms with Gasteiger partial charge in [0.2, 0.25) is 0 Å². The Labute approximate surface area is 152 Å². The summed E-state index contributed by atoms with van der Waals surface area (Å²) in [7, 11) is 0. The lowest BCUT2D eigenvalue weighted by Crippen LogP contribution is -2.56. The molecular formula is C18H25ClFN3O2. The molecule has 1 heterocycles. The number of piperazine rings is 1. The topological polar surface area (TPSA) is 55.8 Å². The third-order valence-electron chi connectivity index (χ3n) is 5.25. The van der Waals surface area contributed by atoms with Gasteiger partial charge < -0.3 is 15.3 Å². The van der Waals surface area contributed by atoms with Gasteiger partial charge in [-0.25, -0.2) is 9.18 Å². The molecule has 2 atom stereocenters. The van der Waals surface area contributed by atoms with Gasteiger partial charge in [0.25, 0.3) is 0 Å². The molecule has 7 heteroatoms. The van der Waals surface area contributed by atoms with Gasteiger partial charge in [0.15, 0.2) is 0 Å². The van der Waals surface area contributed by atoms with Gasteiger partial charge in [0.05, 0.1) is 16.8 Å². The summed E-state index contributed by atoms with van der Waals surface area (Å²) < 4.78 is 13.5. The summed E-state index contributed by atoms with van der Waals surface area (Å²) in [6.07, 6.45) is 3.89. The first-order valence-corrected chi connectivity index (χ1v) is 9.27. The maximum absolute atomic E-state index is 13.5. The highest BCUT2D eigenvalue weighted by atomic mass is 35.5. The summed E-state index contributed by atoms with van der Waals surface area (Å²) in [5, 5.41) is 13.2. The van der Waals surface area contributed by atoms with Crippen molar-refractivity contribution >= 4 is 23.3 Å². The minimum Gasteiger partial charge on any atom is -0.391 e. The van der Waals surface area contributed by atoms with Crippen molar-refractivity contribution in [1.82, 2.24) is 9.80 Å². The molecule has 1 aliphatic heterocycles. The maximum Gasteiger partial charge on any atom is 0.321 e. The van der Waals surface area contributed by atoms with Gasteiger partial charge in [-0.05, 0) is 37.5 Å². The third-order valence-corrected chi connectivity index (χ3v) is 5.57. The van der Waals surface area contributed by atoms with E-state index in [1.54, 1.807) is 17.9 Å². The van der Waals surface area contributed by atoms with Gasteiger partial charge in [-0.1, -0.05) is 24.4 Å². The lowest BCUT2D eigenvalue weighted by molar-refractivity contribution is 0.00275. The van der Waals surface area contributed by atoms with E-state index in [-0.39, 0.29) is 29.0 Å². The van der Waals surface area contributed by atoms with Crippen LogP contribution < -0.4 is 5.32 Å². The lowest BCUT2D eigenvalue weighted by atomic mass is 9.91. The average Bonchev–Trinajstić information content (AvgIpc) is 2.60. The summed E-state index contributed by atoms with van der Waals surface area (Å²) in [5.41, 5.74) is 0.867. The molecule has 1 aromatic carbocycles. The second kappa shape index (κ2) is 7.89. The number of nitrogens with one attached hydrogen (secondary N) is 1. The van der Waals surface area contributed by atoms with Crippen molar-refractivity contribution < 1.29 is 14.3 Å². The highest BCUT2D eigenvalue weighted by Gasteiger charge is 2.32. The smallest absolute Gasteiger partial charge is 0.321 e. The summed E-state index contributed by atoms with van der Waals surface area (Å²) >= 11 is 6.02. The largest absolute Gasteiger partial charge is 0.391 e. The number of carbonyl (C=O) groups is 1. The van der Waals surface area contributed by atoms with Crippen LogP contribution in [0, 0.1) is 12.7 Å². The molecule has 0 bridgehead atoms. The number of anilines is 1. The number of urea groups is 1. The Morgan fingerprint density at radius 1 is 1.24 bits per heavy atom. The summed E-state index contributed by atoms with van der Waals surface area (Å²) in [6, 6.07) is 2.75. The number of benzene rings is 1. The second-order valence-corrected chi connectivity index (χ2v) is 7.36. The second-order valence-electron chi connectivity index (χ2n) is 6.95. The Bertz CT molecular complexity index is 635. The molecular weight excluding hydrogens is 345 g/mol. The highest BCUT2D eigenvalue weighted by Crippen LogP contribution is 2.26. The van der Waals surface area contributed by atoms with Crippen molar-refractivity contribution in [2.75, 3.05) is 31.5 Å². The number of carbonyl (C=O) groups excluding carboxylic acids is 1. The van der Waals surface area contributed by atoms with E-state index >= 15 is 0 Å². The lowest BCUT2D eigenvalue weighted by Gasteiger charge is -2.42. The van der Waals surface area contributed by atoms with Gasteiger partial charge in [0.1, 0.15) is 5.82 Å². The van der Waals surface area contributed by atoms with E-state index in [1.807, 2.05) is 0 Å². The first-order valence-electron chi connectivity index (χ1n) is 8.89. The first kappa shape index (κ1) is 18.4. The van der Waals surface area contributed by atoms with Crippen LogP contribution >= 0.6 is 11.6 Å². The Balaban J connectivity index is 1.56. The standard InChI is InChI=1S/C18H25ClFN3O2/c1-12-10-15(13(19)11-14(12)20)21-18(25)23-8-6-22(7-9-23)16-4-2-3-5-17(16)24/h10-11,16-17,24H,2-9H2,1H3,(H,21,25)/t16-,17-/m1/s1. The molecule has 1 saturated heterocycles. The van der Waals surface area contributed by atoms with E-state index in [0.29, 0.717) is 24.3 Å². The fourth-order valence-electron chi connectivity index (χ4n) is 3.72. The van der Waals surface area contributed by atoms with Crippen molar-refractivity contribution in [3.05, 3.63) is 28.5 Å². The van der Waals surface area contributed by atoms with Crippen LogP contribution in [0.25, 0.3) is 0 Å². The van der Waals surface area contributed by atoms with Crippen molar-refractivity contribution in [2.24, 2.45) is 0 Å². The van der Waals surface area contributed by atoms with Crippen LogP contribution in [0.4, 0.5) is 14.9 Å². The zero-order chi connectivity index (χ0) is 18.0. The molecule has 0 radical (unpaired) electrons. The number of amides is 2. The quantitative estimate of drug-likeness (QED) is 0.841. The Kier molecular flexibility index (Phi) is 5.81. The Morgan fingerprint density at radius 2 is 1.92 bits per heavy atom. The van der Waals surface area contributed by atoms with E-state index in [0.717, 1.165) is 38.8 Å². The number of nitrogens with zero attached hydrogens (tertiary/aromatic N) is 2. The minimum atomic E-state index is -0.386. The number of aliphatic hydroxyl groups excluding tert-OH is 1. The van der Waals surface area contributed by atoms with E-state index in [2.05, 4.69) is 10.2 Å². The van der Waals surface area contributed by atoms with Gasteiger partial charge in [-0.3, -0.25) is 4.90 Å². The fraction of sp³-hybridized carbons (Fsp3) is 0.611. The van der Waals surface area contributed by atoms with Crippen LogP contribution in [0.3, 0.4) is 0 Å². The van der Waals surface area contributed by atoms with E-state index in [1.165, 1.54) is 6.07 Å². The number of halogens is 2. The monoisotopic (exact) mass is 369 g/mol. The fourth-order valence-corrected chi connectivity index (χ4v) is 3.92. The molecule has 2 amide bonds. The SMILES string of the molecule is Cc1cc(NC(=O)N2CCN([C@@H]3CCCC[C@H]3O)CC2)c(Cl)cc1F. The van der Waals surface area contributed by atoms with Gasteiger partial charge in [-0.15, -0.1) is 0 Å². The molecule has 25 heavy (non-hydrogen) atoms. The molecule has 0 aromatic heterocycles. The highest BCUT2D eigenvalue weighted by molar-refractivity contribution is 6.33. The van der Waals surface area contributed by atoms with Crippen molar-refractivity contribution in [3.63, 3.8) is 0 Å². The minimum absolute atomic E-state index is 0.195. The third kappa shape index (κ3) is 4.25. The summed E-state index contributed by atoms with van der Waals surface area (Å²) in [6.45, 7) is 4.35. The molecule has 1 saturated carbocycles. The van der Waals surface area contributed by atoms with Crippen LogP contribution in [0.2, 0.25) is 5.02 Å². The molecule has 1 aromatic rings. The molecule has 2 N–H and O–H groups in total. The number of hydrogen-bond acceptors (Lipinski definition) is 3. The van der Waals surface area contributed by atoms with Crippen molar-refractivity contribution in [3.8, 4) is 0 Å². The van der Waals surface area contributed by atoms with Crippen LogP contribution in [-0.2, 0) is 0 Å². The van der Waals surface area contributed by atoms with Gasteiger partial charge in [-0.2, -0.15) is 0 Å². The van der Waals surface area contributed by atoms with Crippen molar-refractivity contribution in [1.29, 1.82) is 0 Å². The van der Waals surface area contributed by atoms with E-state index < -0.39 is 0 Å². The number of aliphatic hydroxyl groups is 1. The number of rotatable bonds is 2. The normalized spacial score (nSPS) is 25.0. The molecule has 0 unspecified atom stereocenters. The summed E-state index contributed by atoms with van der Waals surface area (Å²) in [5.74, 6) is -0.386. The predicted molar refractivity (Wildman–Crippen MR) is 96.6 cm³/mol. The van der Waals surface area contributed by atoms with Crippen molar-refractivity contribution in [2.45, 2.75) is 44.8 Å². The van der Waals surface area contributed by atoms with Crippen LogP contribution in [0.1, 0.15) is 31.2 Å². The zero-order valence-corrected chi connectivity index (χ0v) is 15.2. The van der Waals surface area contributed by atoms with Gasteiger partial charge >= 0.3 is 6.03 Å². The number of aryl methyl sites for hydroxylation is 1. The van der Waals surface area contributed by atoms with Crippen LogP contribution in [0.5, 0.6) is 0 Å². The van der Waals surface area contributed by atoms with E-state index in [4.69, 9.17) is 11.6 Å². The Morgan fingerprint density at radius 3 is 2.60 bits per heavy atom. The molecule has 3 rings (SSSR count).